The van der Waals surface area contributed by atoms with Gasteiger partial charge in [0.1, 0.15) is 11.9 Å². The first-order valence-corrected chi connectivity index (χ1v) is 12.6. The van der Waals surface area contributed by atoms with Gasteiger partial charge in [0.15, 0.2) is 12.1 Å². The summed E-state index contributed by atoms with van der Waals surface area (Å²) in [5, 5.41) is 2.74. The van der Waals surface area contributed by atoms with E-state index in [4.69, 9.17) is 9.47 Å². The van der Waals surface area contributed by atoms with Crippen molar-refractivity contribution < 1.29 is 28.2 Å². The number of cyclic esters (lactones) is 1. The van der Waals surface area contributed by atoms with Crippen LogP contribution in [-0.4, -0.2) is 68.4 Å². The van der Waals surface area contributed by atoms with Gasteiger partial charge >= 0.3 is 6.09 Å². The average molecular weight is 502 g/mol. The Labute approximate surface area is 207 Å². The molecule has 0 bridgehead atoms. The number of hydrogen-bond acceptors (Lipinski definition) is 7. The molecule has 1 unspecified atom stereocenters. The molecule has 2 saturated heterocycles. The number of amides is 2. The number of ketones is 1. The number of anilines is 2. The minimum Gasteiger partial charge on any atom is -0.497 e. The SMILES string of the molecule is COc1ccc(C(=O)CCC(=O)NCC2CN(c3ccccc3N3CCSC[C@@H]3F)C(=O)O2)cc1. The molecule has 0 aromatic heterocycles. The molecule has 4 rings (SSSR count). The zero-order valence-corrected chi connectivity index (χ0v) is 20.3. The molecule has 8 nitrogen and oxygen atoms in total. The van der Waals surface area contributed by atoms with E-state index in [1.54, 1.807) is 66.2 Å². The molecule has 2 aromatic rings. The molecule has 2 aromatic carbocycles. The van der Waals surface area contributed by atoms with E-state index in [0.29, 0.717) is 35.0 Å². The first-order valence-electron chi connectivity index (χ1n) is 11.5. The number of para-hydroxylation sites is 2. The minimum atomic E-state index is -1.12. The van der Waals surface area contributed by atoms with Crippen LogP contribution < -0.4 is 19.9 Å². The van der Waals surface area contributed by atoms with Crippen LogP contribution >= 0.6 is 11.8 Å². The Kier molecular flexibility index (Phi) is 8.12. The number of thioether (sulfide) groups is 1. The molecular weight excluding hydrogens is 473 g/mol. The molecule has 0 spiro atoms. The van der Waals surface area contributed by atoms with Crippen molar-refractivity contribution in [1.29, 1.82) is 0 Å². The Morgan fingerprint density at radius 1 is 1.14 bits per heavy atom. The van der Waals surface area contributed by atoms with Crippen molar-refractivity contribution >= 4 is 40.9 Å². The second-order valence-corrected chi connectivity index (χ2v) is 9.41. The first-order chi connectivity index (χ1) is 17.0. The van der Waals surface area contributed by atoms with Crippen molar-refractivity contribution in [3.63, 3.8) is 0 Å². The molecule has 35 heavy (non-hydrogen) atoms. The van der Waals surface area contributed by atoms with Gasteiger partial charge in [-0.1, -0.05) is 12.1 Å². The summed E-state index contributed by atoms with van der Waals surface area (Å²) in [5.41, 5.74) is 1.75. The van der Waals surface area contributed by atoms with Gasteiger partial charge in [0, 0.05) is 36.5 Å². The van der Waals surface area contributed by atoms with E-state index < -0.39 is 18.5 Å². The number of rotatable bonds is 9. The maximum Gasteiger partial charge on any atom is 0.414 e. The number of halogens is 1. The molecule has 2 amide bonds. The molecule has 2 aliphatic heterocycles. The zero-order valence-electron chi connectivity index (χ0n) is 19.4. The Hall–Kier alpha value is -3.27. The second kappa shape index (κ2) is 11.4. The summed E-state index contributed by atoms with van der Waals surface area (Å²) in [6, 6.07) is 13.9. The lowest BCUT2D eigenvalue weighted by Crippen LogP contribution is -2.41. The fourth-order valence-electron chi connectivity index (χ4n) is 4.07. The summed E-state index contributed by atoms with van der Waals surface area (Å²) in [6.07, 6.45) is -2.10. The number of nitrogens with one attached hydrogen (secondary N) is 1. The lowest BCUT2D eigenvalue weighted by molar-refractivity contribution is -0.121. The number of carbonyl (C=O) groups excluding carboxylic acids is 3. The van der Waals surface area contributed by atoms with E-state index in [-0.39, 0.29) is 37.6 Å². The molecule has 2 fully saturated rings. The third-order valence-corrected chi connectivity index (χ3v) is 6.93. The second-order valence-electron chi connectivity index (χ2n) is 8.26. The smallest absolute Gasteiger partial charge is 0.414 e. The van der Waals surface area contributed by atoms with Crippen molar-refractivity contribution in [3.8, 4) is 5.75 Å². The van der Waals surface area contributed by atoms with Crippen molar-refractivity contribution in [2.24, 2.45) is 0 Å². The number of alkyl halides is 1. The Bertz CT molecular complexity index is 1070. The topological polar surface area (TPSA) is 88.2 Å². The van der Waals surface area contributed by atoms with Crippen LogP contribution in [0, 0.1) is 0 Å². The van der Waals surface area contributed by atoms with Crippen molar-refractivity contribution in [2.75, 3.05) is 48.0 Å². The van der Waals surface area contributed by atoms with Gasteiger partial charge in [0.05, 0.1) is 31.6 Å². The summed E-state index contributed by atoms with van der Waals surface area (Å²) < 4.78 is 25.1. The molecule has 0 radical (unpaired) electrons. The molecular formula is C25H28FN3O5S. The Balaban J connectivity index is 1.29. The van der Waals surface area contributed by atoms with Crippen LogP contribution in [0.2, 0.25) is 0 Å². The van der Waals surface area contributed by atoms with Gasteiger partial charge in [0.2, 0.25) is 5.91 Å². The van der Waals surface area contributed by atoms with Crippen LogP contribution in [-0.2, 0) is 9.53 Å². The lowest BCUT2D eigenvalue weighted by Gasteiger charge is -2.34. The molecule has 2 heterocycles. The van der Waals surface area contributed by atoms with Crippen LogP contribution in [0.15, 0.2) is 48.5 Å². The third-order valence-electron chi connectivity index (χ3n) is 5.94. The number of ether oxygens (including phenoxy) is 2. The quantitative estimate of drug-likeness (QED) is 0.415. The predicted molar refractivity (Wildman–Crippen MR) is 133 cm³/mol. The van der Waals surface area contributed by atoms with Gasteiger partial charge in [-0.25, -0.2) is 9.18 Å². The van der Waals surface area contributed by atoms with Gasteiger partial charge in [0.25, 0.3) is 0 Å². The van der Waals surface area contributed by atoms with E-state index in [0.717, 1.165) is 5.75 Å². The van der Waals surface area contributed by atoms with E-state index >= 15 is 0 Å². The molecule has 2 atom stereocenters. The maximum absolute atomic E-state index is 14.5. The fourth-order valence-corrected chi connectivity index (χ4v) is 4.94. The molecule has 2 aliphatic rings. The summed E-state index contributed by atoms with van der Waals surface area (Å²) in [7, 11) is 1.55. The standard InChI is InChI=1S/C25H28FN3O5S/c1-33-18-8-6-17(7-9-18)22(30)10-11-24(31)27-14-19-15-29(25(32)34-19)21-5-3-2-4-20(21)28-12-13-35-16-23(28)26/h2-9,19,23H,10-16H2,1H3,(H,27,31)/t19?,23-/m1/s1. The van der Waals surface area contributed by atoms with E-state index in [9.17, 15) is 18.8 Å². The highest BCUT2D eigenvalue weighted by atomic mass is 32.2. The van der Waals surface area contributed by atoms with Crippen LogP contribution in [0.1, 0.15) is 23.2 Å². The highest BCUT2D eigenvalue weighted by molar-refractivity contribution is 7.99. The van der Waals surface area contributed by atoms with Gasteiger partial charge in [-0.3, -0.25) is 14.5 Å². The molecule has 0 saturated carbocycles. The number of carbonyl (C=O) groups is 3. The monoisotopic (exact) mass is 501 g/mol. The molecule has 10 heteroatoms. The van der Waals surface area contributed by atoms with Gasteiger partial charge in [-0.15, -0.1) is 0 Å². The number of Topliss-reactive ketones (excluding diaryl/α,β-unsaturated/α-hetero) is 1. The molecule has 0 aliphatic carbocycles. The van der Waals surface area contributed by atoms with Crippen molar-refractivity contribution in [2.45, 2.75) is 25.2 Å². The molecule has 1 N–H and O–H groups in total. The van der Waals surface area contributed by atoms with E-state index in [2.05, 4.69) is 5.32 Å². The average Bonchev–Trinajstić information content (AvgIpc) is 3.26. The van der Waals surface area contributed by atoms with Crippen LogP contribution in [0.3, 0.4) is 0 Å². The largest absolute Gasteiger partial charge is 0.497 e. The number of benzene rings is 2. The number of methoxy groups -OCH3 is 1. The summed E-state index contributed by atoms with van der Waals surface area (Å²) >= 11 is 1.57. The van der Waals surface area contributed by atoms with Gasteiger partial charge in [-0.2, -0.15) is 11.8 Å². The number of nitrogens with zero attached hydrogens (tertiary/aromatic N) is 2. The minimum absolute atomic E-state index is 0.0307. The number of hydrogen-bond donors (Lipinski definition) is 1. The van der Waals surface area contributed by atoms with Crippen LogP contribution in [0.4, 0.5) is 20.6 Å². The fraction of sp³-hybridized carbons (Fsp3) is 0.400. The van der Waals surface area contributed by atoms with Crippen molar-refractivity contribution in [1.82, 2.24) is 5.32 Å². The first kappa shape index (κ1) is 24.8. The Morgan fingerprint density at radius 3 is 2.60 bits per heavy atom. The maximum atomic E-state index is 14.5. The van der Waals surface area contributed by atoms with Crippen LogP contribution in [0.25, 0.3) is 0 Å². The zero-order chi connectivity index (χ0) is 24.8. The van der Waals surface area contributed by atoms with Crippen LogP contribution in [0.5, 0.6) is 5.75 Å². The lowest BCUT2D eigenvalue weighted by atomic mass is 10.1. The van der Waals surface area contributed by atoms with Crippen molar-refractivity contribution in [3.05, 3.63) is 54.1 Å². The van der Waals surface area contributed by atoms with Gasteiger partial charge < -0.3 is 19.7 Å². The highest BCUT2D eigenvalue weighted by Gasteiger charge is 2.35. The summed E-state index contributed by atoms with van der Waals surface area (Å²) in [6.45, 7) is 0.924. The van der Waals surface area contributed by atoms with E-state index in [1.165, 1.54) is 4.90 Å². The van der Waals surface area contributed by atoms with E-state index in [1.807, 2.05) is 6.07 Å². The molecule has 186 valence electrons. The highest BCUT2D eigenvalue weighted by Crippen LogP contribution is 2.35. The summed E-state index contributed by atoms with van der Waals surface area (Å²) in [4.78, 5) is 40.3. The predicted octanol–water partition coefficient (Wildman–Crippen LogP) is 3.65. The Morgan fingerprint density at radius 2 is 1.89 bits per heavy atom. The van der Waals surface area contributed by atoms with Gasteiger partial charge in [-0.05, 0) is 36.4 Å². The summed E-state index contributed by atoms with van der Waals surface area (Å²) in [5.74, 6) is 1.41. The third kappa shape index (κ3) is 6.05. The normalized spacial score (nSPS) is 19.9.